The molecule has 7 heteroatoms. The van der Waals surface area contributed by atoms with Gasteiger partial charge in [0.2, 0.25) is 0 Å². The fourth-order valence-electron chi connectivity index (χ4n) is 3.49. The number of nitrogens with zero attached hydrogens (tertiary/aromatic N) is 3. The van der Waals surface area contributed by atoms with E-state index in [2.05, 4.69) is 4.98 Å². The van der Waals surface area contributed by atoms with Crippen molar-refractivity contribution in [1.82, 2.24) is 9.55 Å². The van der Waals surface area contributed by atoms with E-state index < -0.39 is 17.5 Å². The molecule has 0 fully saturated rings. The van der Waals surface area contributed by atoms with Gasteiger partial charge in [-0.25, -0.2) is 13.8 Å². The lowest BCUT2D eigenvalue weighted by Crippen LogP contribution is -2.33. The molecule has 0 spiro atoms. The topological polar surface area (TPSA) is 58.4 Å². The van der Waals surface area contributed by atoms with Crippen LogP contribution in [-0.2, 0) is 19.6 Å². The summed E-state index contributed by atoms with van der Waals surface area (Å²) in [6.07, 6.45) is 5.53. The average molecular weight is 377 g/mol. The number of imidazole rings is 1. The quantitative estimate of drug-likeness (QED) is 0.832. The van der Waals surface area contributed by atoms with Gasteiger partial charge in [0.1, 0.15) is 5.82 Å². The first-order valence-corrected chi connectivity index (χ1v) is 9.52. The van der Waals surface area contributed by atoms with Crippen LogP contribution >= 0.6 is 0 Å². The van der Waals surface area contributed by atoms with Gasteiger partial charge in [0.25, 0.3) is 5.91 Å². The molecule has 3 rings (SSSR count). The molecule has 0 aliphatic carbocycles. The summed E-state index contributed by atoms with van der Waals surface area (Å²) in [5.41, 5.74) is 0.677. The van der Waals surface area contributed by atoms with Crippen molar-refractivity contribution in [3.8, 4) is 0 Å². The molecule has 0 atom stereocenters. The van der Waals surface area contributed by atoms with Gasteiger partial charge in [0.15, 0.2) is 17.5 Å². The van der Waals surface area contributed by atoms with Crippen molar-refractivity contribution in [2.24, 2.45) is 0 Å². The van der Waals surface area contributed by atoms with Crippen LogP contribution in [0.5, 0.6) is 0 Å². The Morgan fingerprint density at radius 3 is 2.78 bits per heavy atom. The molecule has 0 saturated heterocycles. The summed E-state index contributed by atoms with van der Waals surface area (Å²) in [6, 6.07) is 3.14. The van der Waals surface area contributed by atoms with Crippen molar-refractivity contribution < 1.29 is 18.7 Å². The number of anilines is 1. The second-order valence-corrected chi connectivity index (χ2v) is 6.86. The molecule has 0 unspecified atom stereocenters. The largest absolute Gasteiger partial charge is 0.390 e. The molecular formula is C20H25F2N3O2. The predicted octanol–water partition coefficient (Wildman–Crippen LogP) is 3.83. The van der Waals surface area contributed by atoms with E-state index in [4.69, 9.17) is 0 Å². The van der Waals surface area contributed by atoms with Crippen molar-refractivity contribution in [3.63, 3.8) is 0 Å². The van der Waals surface area contributed by atoms with E-state index in [0.717, 1.165) is 63.0 Å². The molecule has 1 N–H and O–H groups in total. The molecule has 0 bridgehead atoms. The first kappa shape index (κ1) is 19.5. The second-order valence-electron chi connectivity index (χ2n) is 6.86. The van der Waals surface area contributed by atoms with E-state index in [0.29, 0.717) is 18.1 Å². The van der Waals surface area contributed by atoms with E-state index in [-0.39, 0.29) is 12.2 Å². The Morgan fingerprint density at radius 2 is 2.07 bits per heavy atom. The Balaban J connectivity index is 2.02. The summed E-state index contributed by atoms with van der Waals surface area (Å²) in [4.78, 5) is 19.2. The number of hydrogen-bond donors (Lipinski definition) is 1. The lowest BCUT2D eigenvalue weighted by molar-refractivity contribution is 0.0985. The Labute approximate surface area is 157 Å². The first-order valence-electron chi connectivity index (χ1n) is 9.52. The normalized spacial score (nSPS) is 13.9. The van der Waals surface area contributed by atoms with Gasteiger partial charge in [0.05, 0.1) is 12.3 Å². The van der Waals surface area contributed by atoms with Crippen LogP contribution in [0, 0.1) is 11.6 Å². The summed E-state index contributed by atoms with van der Waals surface area (Å²) >= 11 is 0. The number of carbonyl (C=O) groups excluding carboxylic acids is 1. The molecule has 27 heavy (non-hydrogen) atoms. The summed E-state index contributed by atoms with van der Waals surface area (Å²) in [6.45, 7) is 2.95. The fourth-order valence-corrected chi connectivity index (χ4v) is 3.49. The molecule has 1 aliphatic rings. The number of unbranched alkanes of at least 4 members (excludes halogenated alkanes) is 1. The molecule has 2 aromatic rings. The molecular weight excluding hydrogens is 352 g/mol. The minimum absolute atomic E-state index is 0.0667. The Kier molecular flexibility index (Phi) is 6.21. The molecule has 0 saturated carbocycles. The zero-order valence-corrected chi connectivity index (χ0v) is 15.5. The van der Waals surface area contributed by atoms with Gasteiger partial charge in [-0.05, 0) is 37.5 Å². The Bertz CT molecular complexity index is 820. The highest BCUT2D eigenvalue weighted by Gasteiger charge is 2.27. The zero-order chi connectivity index (χ0) is 19.4. The van der Waals surface area contributed by atoms with Crippen LogP contribution in [0.3, 0.4) is 0 Å². The molecule has 1 amide bonds. The van der Waals surface area contributed by atoms with Crippen LogP contribution < -0.4 is 4.90 Å². The number of aromatic nitrogens is 2. The van der Waals surface area contributed by atoms with Crippen molar-refractivity contribution >= 4 is 11.7 Å². The van der Waals surface area contributed by atoms with E-state index in [1.54, 1.807) is 0 Å². The number of aryl methyl sites for hydroxylation is 1. The third-order valence-electron chi connectivity index (χ3n) is 4.96. The SMILES string of the molecule is CCCCN(C(=O)c1ccc(F)c(F)c1)c1nc2n(c1CO)CCCCC2. The van der Waals surface area contributed by atoms with Gasteiger partial charge in [-0.2, -0.15) is 0 Å². The number of hydrogen-bond acceptors (Lipinski definition) is 3. The Morgan fingerprint density at radius 1 is 1.26 bits per heavy atom. The third kappa shape index (κ3) is 4.03. The number of halogens is 2. The Hall–Kier alpha value is -2.28. The smallest absolute Gasteiger partial charge is 0.259 e. The van der Waals surface area contributed by atoms with Gasteiger partial charge < -0.3 is 9.67 Å². The summed E-state index contributed by atoms with van der Waals surface area (Å²) in [7, 11) is 0. The third-order valence-corrected chi connectivity index (χ3v) is 4.96. The zero-order valence-electron chi connectivity index (χ0n) is 15.5. The number of fused-ring (bicyclic) bond motifs is 1. The lowest BCUT2D eigenvalue weighted by atomic mass is 10.1. The number of benzene rings is 1. The van der Waals surface area contributed by atoms with Crippen LogP contribution in [0.15, 0.2) is 18.2 Å². The van der Waals surface area contributed by atoms with E-state index in [1.165, 1.54) is 11.0 Å². The number of aliphatic hydroxyl groups excluding tert-OH is 1. The van der Waals surface area contributed by atoms with Gasteiger partial charge in [-0.3, -0.25) is 9.69 Å². The minimum atomic E-state index is -1.06. The van der Waals surface area contributed by atoms with E-state index in [1.807, 2.05) is 11.5 Å². The number of amides is 1. The van der Waals surface area contributed by atoms with Gasteiger partial charge in [-0.15, -0.1) is 0 Å². The maximum absolute atomic E-state index is 13.6. The summed E-state index contributed by atoms with van der Waals surface area (Å²) in [5, 5.41) is 9.95. The first-order chi connectivity index (χ1) is 13.1. The number of carbonyl (C=O) groups is 1. The van der Waals surface area contributed by atoms with E-state index >= 15 is 0 Å². The molecule has 5 nitrogen and oxygen atoms in total. The van der Waals surface area contributed by atoms with Crippen molar-refractivity contribution in [3.05, 3.63) is 46.9 Å². The average Bonchev–Trinajstić information content (AvgIpc) is 2.84. The van der Waals surface area contributed by atoms with Crippen LogP contribution in [0.25, 0.3) is 0 Å². The van der Waals surface area contributed by atoms with Gasteiger partial charge in [0, 0.05) is 25.1 Å². The van der Waals surface area contributed by atoms with Crippen molar-refractivity contribution in [2.75, 3.05) is 11.4 Å². The van der Waals surface area contributed by atoms with Crippen LogP contribution in [-0.4, -0.2) is 27.1 Å². The maximum atomic E-state index is 13.6. The van der Waals surface area contributed by atoms with Gasteiger partial charge in [-0.1, -0.05) is 19.8 Å². The molecule has 0 radical (unpaired) electrons. The highest BCUT2D eigenvalue weighted by atomic mass is 19.2. The fraction of sp³-hybridized carbons (Fsp3) is 0.500. The highest BCUT2D eigenvalue weighted by Crippen LogP contribution is 2.27. The van der Waals surface area contributed by atoms with Crippen LogP contribution in [0.4, 0.5) is 14.6 Å². The van der Waals surface area contributed by atoms with Crippen LogP contribution in [0.2, 0.25) is 0 Å². The molecule has 2 heterocycles. The standard InChI is InChI=1S/C20H25F2N3O2/c1-2-3-10-25(20(27)14-8-9-15(21)16(22)12-14)19-17(13-26)24-11-6-4-5-7-18(24)23-19/h8-9,12,26H,2-7,10-11,13H2,1H3. The lowest BCUT2D eigenvalue weighted by Gasteiger charge is -2.22. The maximum Gasteiger partial charge on any atom is 0.259 e. The van der Waals surface area contributed by atoms with E-state index in [9.17, 15) is 18.7 Å². The molecule has 1 aromatic carbocycles. The van der Waals surface area contributed by atoms with Crippen molar-refractivity contribution in [2.45, 2.75) is 58.6 Å². The minimum Gasteiger partial charge on any atom is -0.390 e. The summed E-state index contributed by atoms with van der Waals surface area (Å²) in [5.74, 6) is -1.19. The van der Waals surface area contributed by atoms with Gasteiger partial charge >= 0.3 is 0 Å². The molecule has 1 aliphatic heterocycles. The van der Waals surface area contributed by atoms with Crippen LogP contribution in [0.1, 0.15) is 60.9 Å². The summed E-state index contributed by atoms with van der Waals surface area (Å²) < 4.78 is 28.9. The molecule has 146 valence electrons. The second kappa shape index (κ2) is 8.61. The molecule has 1 aromatic heterocycles. The predicted molar refractivity (Wildman–Crippen MR) is 98.6 cm³/mol. The number of rotatable bonds is 6. The number of aliphatic hydroxyl groups is 1. The highest BCUT2D eigenvalue weighted by molar-refractivity contribution is 6.05. The monoisotopic (exact) mass is 377 g/mol. The van der Waals surface area contributed by atoms with Crippen molar-refractivity contribution in [1.29, 1.82) is 0 Å².